The molecule has 1 aromatic rings. The van der Waals surface area contributed by atoms with Gasteiger partial charge in [0.25, 0.3) is 5.56 Å². The van der Waals surface area contributed by atoms with Gasteiger partial charge in [-0.15, -0.1) is 0 Å². The van der Waals surface area contributed by atoms with Crippen molar-refractivity contribution in [2.45, 2.75) is 38.6 Å². The predicted octanol–water partition coefficient (Wildman–Crippen LogP) is 0.975. The zero-order chi connectivity index (χ0) is 10.3. The molecule has 0 radical (unpaired) electrons. The van der Waals surface area contributed by atoms with Crippen LogP contribution in [0.15, 0.2) is 4.79 Å². The first-order valence-corrected chi connectivity index (χ1v) is 4.96. The number of H-pyrrole nitrogens is 1. The summed E-state index contributed by atoms with van der Waals surface area (Å²) in [6.45, 7) is 3.65. The van der Waals surface area contributed by atoms with Crippen molar-refractivity contribution in [2.75, 3.05) is 0 Å². The molecule has 0 amide bonds. The van der Waals surface area contributed by atoms with Crippen molar-refractivity contribution in [2.24, 2.45) is 5.73 Å². The van der Waals surface area contributed by atoms with E-state index >= 15 is 0 Å². The van der Waals surface area contributed by atoms with Crippen LogP contribution < -0.4 is 11.3 Å². The minimum atomic E-state index is -0.208. The first kappa shape index (κ1) is 9.40. The van der Waals surface area contributed by atoms with Crippen LogP contribution in [0.2, 0.25) is 0 Å². The molecule has 0 aliphatic heterocycles. The van der Waals surface area contributed by atoms with Crippen molar-refractivity contribution in [3.05, 3.63) is 27.4 Å². The number of aromatic nitrogens is 2. The monoisotopic (exact) mass is 193 g/mol. The number of nitrogens with one attached hydrogen (secondary N) is 1. The van der Waals surface area contributed by atoms with Gasteiger partial charge in [-0.25, -0.2) is 4.98 Å². The lowest BCUT2D eigenvalue weighted by atomic mass is 10.1. The Morgan fingerprint density at radius 3 is 2.71 bits per heavy atom. The average Bonchev–Trinajstić information content (AvgIpc) is 2.92. The molecule has 4 nitrogen and oxygen atoms in total. The number of nitrogens with two attached hydrogens (primary N) is 1. The summed E-state index contributed by atoms with van der Waals surface area (Å²) in [5.41, 5.74) is 7.33. The fourth-order valence-corrected chi connectivity index (χ4v) is 1.54. The highest BCUT2D eigenvalue weighted by Gasteiger charge is 2.28. The average molecular weight is 193 g/mol. The Kier molecular flexibility index (Phi) is 2.15. The van der Waals surface area contributed by atoms with E-state index in [0.717, 1.165) is 24.1 Å². The largest absolute Gasteiger partial charge is 0.322 e. The number of nitrogens with zero attached hydrogens (tertiary/aromatic N) is 1. The van der Waals surface area contributed by atoms with E-state index in [9.17, 15) is 4.79 Å². The smallest absolute Gasteiger partial charge is 0.254 e. The molecule has 1 saturated carbocycles. The zero-order valence-electron chi connectivity index (χ0n) is 8.50. The van der Waals surface area contributed by atoms with Gasteiger partial charge in [0.1, 0.15) is 5.82 Å². The molecule has 14 heavy (non-hydrogen) atoms. The van der Waals surface area contributed by atoms with Crippen LogP contribution in [0.4, 0.5) is 0 Å². The Bertz CT molecular complexity index is 404. The van der Waals surface area contributed by atoms with E-state index in [1.807, 2.05) is 13.8 Å². The minimum absolute atomic E-state index is 0.0470. The number of hydrogen-bond donors (Lipinski definition) is 2. The van der Waals surface area contributed by atoms with Crippen molar-refractivity contribution in [1.82, 2.24) is 9.97 Å². The molecule has 0 aromatic carbocycles. The highest BCUT2D eigenvalue weighted by molar-refractivity contribution is 5.24. The van der Waals surface area contributed by atoms with Crippen LogP contribution in [-0.2, 0) is 0 Å². The van der Waals surface area contributed by atoms with Crippen molar-refractivity contribution < 1.29 is 0 Å². The maximum Gasteiger partial charge on any atom is 0.254 e. The molecular formula is C10H15N3O. The summed E-state index contributed by atoms with van der Waals surface area (Å²) in [7, 11) is 0. The molecule has 1 atom stereocenters. The van der Waals surface area contributed by atoms with E-state index in [2.05, 4.69) is 9.97 Å². The van der Waals surface area contributed by atoms with Crippen molar-refractivity contribution in [1.29, 1.82) is 0 Å². The third-order valence-electron chi connectivity index (χ3n) is 2.60. The Morgan fingerprint density at radius 2 is 2.21 bits per heavy atom. The molecule has 1 heterocycles. The Morgan fingerprint density at radius 1 is 1.57 bits per heavy atom. The van der Waals surface area contributed by atoms with E-state index in [4.69, 9.17) is 5.73 Å². The molecule has 0 bridgehead atoms. The molecule has 1 aliphatic carbocycles. The van der Waals surface area contributed by atoms with Gasteiger partial charge >= 0.3 is 0 Å². The highest BCUT2D eigenvalue weighted by atomic mass is 16.1. The van der Waals surface area contributed by atoms with Crippen molar-refractivity contribution in [3.8, 4) is 0 Å². The normalized spacial score (nSPS) is 18.2. The summed E-state index contributed by atoms with van der Waals surface area (Å²) >= 11 is 0. The lowest BCUT2D eigenvalue weighted by Gasteiger charge is -2.08. The second kappa shape index (κ2) is 3.20. The fraction of sp³-hybridized carbons (Fsp3) is 0.600. The van der Waals surface area contributed by atoms with Gasteiger partial charge in [-0.3, -0.25) is 4.79 Å². The summed E-state index contributed by atoms with van der Waals surface area (Å²) in [4.78, 5) is 18.7. The van der Waals surface area contributed by atoms with Crippen molar-refractivity contribution in [3.63, 3.8) is 0 Å². The maximum absolute atomic E-state index is 11.5. The lowest BCUT2D eigenvalue weighted by molar-refractivity contribution is 0.714. The minimum Gasteiger partial charge on any atom is -0.322 e. The maximum atomic E-state index is 11.5. The number of hydrogen-bond acceptors (Lipinski definition) is 3. The molecule has 76 valence electrons. The van der Waals surface area contributed by atoms with Gasteiger partial charge in [-0.1, -0.05) is 0 Å². The van der Waals surface area contributed by atoms with E-state index in [1.165, 1.54) is 0 Å². The predicted molar refractivity (Wildman–Crippen MR) is 54.2 cm³/mol. The Labute approximate surface area is 82.6 Å². The van der Waals surface area contributed by atoms with Crippen LogP contribution in [0.3, 0.4) is 0 Å². The molecule has 3 N–H and O–H groups in total. The van der Waals surface area contributed by atoms with E-state index in [-0.39, 0.29) is 11.6 Å². The second-order valence-corrected chi connectivity index (χ2v) is 4.02. The third-order valence-corrected chi connectivity index (χ3v) is 2.60. The molecule has 2 rings (SSSR count). The summed E-state index contributed by atoms with van der Waals surface area (Å²) in [6.07, 6.45) is 2.30. The van der Waals surface area contributed by atoms with E-state index < -0.39 is 0 Å². The standard InChI is InChI=1S/C10H15N3O/c1-5-8(7-3-4-7)12-9(6(2)11)13-10(5)14/h6-7H,3-4,11H2,1-2H3,(H,12,13,14). The van der Waals surface area contributed by atoms with Gasteiger partial charge in [-0.05, 0) is 26.7 Å². The summed E-state index contributed by atoms with van der Waals surface area (Å²) in [5, 5.41) is 0. The topological polar surface area (TPSA) is 71.8 Å². The Balaban J connectivity index is 2.52. The quantitative estimate of drug-likeness (QED) is 0.735. The van der Waals surface area contributed by atoms with Gasteiger partial charge in [0.2, 0.25) is 0 Å². The van der Waals surface area contributed by atoms with Crippen LogP contribution >= 0.6 is 0 Å². The number of aromatic amines is 1. The van der Waals surface area contributed by atoms with Crippen LogP contribution in [0.25, 0.3) is 0 Å². The van der Waals surface area contributed by atoms with E-state index in [0.29, 0.717) is 11.7 Å². The van der Waals surface area contributed by atoms with Crippen LogP contribution in [0, 0.1) is 6.92 Å². The summed E-state index contributed by atoms with van der Waals surface area (Å²) in [6, 6.07) is -0.208. The third kappa shape index (κ3) is 1.57. The first-order valence-electron chi connectivity index (χ1n) is 4.96. The SMILES string of the molecule is Cc1c(C2CC2)nc(C(C)N)[nH]c1=O. The molecule has 1 aromatic heterocycles. The summed E-state index contributed by atoms with van der Waals surface area (Å²) < 4.78 is 0. The van der Waals surface area contributed by atoms with E-state index in [1.54, 1.807) is 0 Å². The van der Waals surface area contributed by atoms with Gasteiger partial charge in [0.15, 0.2) is 0 Å². The second-order valence-electron chi connectivity index (χ2n) is 4.02. The molecule has 4 heteroatoms. The summed E-state index contributed by atoms with van der Waals surface area (Å²) in [5.74, 6) is 1.09. The molecule has 0 saturated heterocycles. The molecule has 1 fully saturated rings. The van der Waals surface area contributed by atoms with Gasteiger partial charge in [0, 0.05) is 11.5 Å². The number of rotatable bonds is 2. The Hall–Kier alpha value is -1.16. The lowest BCUT2D eigenvalue weighted by Crippen LogP contribution is -2.21. The molecule has 0 spiro atoms. The van der Waals surface area contributed by atoms with Gasteiger partial charge in [-0.2, -0.15) is 0 Å². The van der Waals surface area contributed by atoms with Crippen LogP contribution in [0.5, 0.6) is 0 Å². The fourth-order valence-electron chi connectivity index (χ4n) is 1.54. The van der Waals surface area contributed by atoms with Crippen LogP contribution in [-0.4, -0.2) is 9.97 Å². The van der Waals surface area contributed by atoms with Gasteiger partial charge in [0.05, 0.1) is 11.7 Å². The molecule has 1 aliphatic rings. The van der Waals surface area contributed by atoms with Crippen LogP contribution in [0.1, 0.15) is 48.8 Å². The highest BCUT2D eigenvalue weighted by Crippen LogP contribution is 2.39. The van der Waals surface area contributed by atoms with Crippen molar-refractivity contribution >= 4 is 0 Å². The zero-order valence-corrected chi connectivity index (χ0v) is 8.50. The first-order chi connectivity index (χ1) is 6.59. The van der Waals surface area contributed by atoms with Gasteiger partial charge < -0.3 is 10.7 Å². The molecule has 1 unspecified atom stereocenters. The molecular weight excluding hydrogens is 178 g/mol.